The molecule has 1 heterocycles. The van der Waals surface area contributed by atoms with Gasteiger partial charge in [-0.2, -0.15) is 0 Å². The number of para-hydroxylation sites is 1. The van der Waals surface area contributed by atoms with E-state index in [1.165, 1.54) is 0 Å². The van der Waals surface area contributed by atoms with Crippen LogP contribution in [0.25, 0.3) is 0 Å². The van der Waals surface area contributed by atoms with E-state index in [1.807, 2.05) is 12.1 Å². The van der Waals surface area contributed by atoms with Gasteiger partial charge in [-0.25, -0.2) is 13.1 Å². The van der Waals surface area contributed by atoms with E-state index in [1.54, 1.807) is 19.1 Å². The molecule has 1 aromatic carbocycles. The summed E-state index contributed by atoms with van der Waals surface area (Å²) >= 11 is 0. The quantitative estimate of drug-likeness (QED) is 0.837. The summed E-state index contributed by atoms with van der Waals surface area (Å²) in [6.07, 6.45) is 2.22. The average Bonchev–Trinajstić information content (AvgIpc) is 2.49. The molecular formula is C15H25N3O2S. The first kappa shape index (κ1) is 16.3. The first-order valence-corrected chi connectivity index (χ1v) is 9.14. The number of likely N-dealkylation sites (N-methyl/N-ethyl adjacent to an activating group) is 1. The van der Waals surface area contributed by atoms with Crippen molar-refractivity contribution in [1.29, 1.82) is 0 Å². The van der Waals surface area contributed by atoms with Gasteiger partial charge in [0, 0.05) is 25.7 Å². The Morgan fingerprint density at radius 2 is 2.10 bits per heavy atom. The Balaban J connectivity index is 2.37. The van der Waals surface area contributed by atoms with E-state index in [-0.39, 0.29) is 0 Å². The van der Waals surface area contributed by atoms with Gasteiger partial charge in [0.1, 0.15) is 4.90 Å². The van der Waals surface area contributed by atoms with Crippen molar-refractivity contribution in [1.82, 2.24) is 10.0 Å². The van der Waals surface area contributed by atoms with Crippen LogP contribution in [0, 0.1) is 0 Å². The molecule has 0 amide bonds. The van der Waals surface area contributed by atoms with Crippen LogP contribution in [-0.4, -0.2) is 40.6 Å². The third-order valence-electron chi connectivity index (χ3n) is 3.85. The zero-order chi connectivity index (χ0) is 15.3. The first-order chi connectivity index (χ1) is 10.1. The largest absolute Gasteiger partial charge is 0.366 e. The van der Waals surface area contributed by atoms with Gasteiger partial charge in [-0.15, -0.1) is 0 Å². The number of benzene rings is 1. The maximum Gasteiger partial charge on any atom is 0.242 e. The van der Waals surface area contributed by atoms with Gasteiger partial charge in [-0.3, -0.25) is 0 Å². The third-order valence-corrected chi connectivity index (χ3v) is 5.44. The predicted octanol–water partition coefficient (Wildman–Crippen LogP) is 1.56. The number of nitrogens with zero attached hydrogens (tertiary/aromatic N) is 1. The summed E-state index contributed by atoms with van der Waals surface area (Å²) in [5, 5.41) is 3.40. The summed E-state index contributed by atoms with van der Waals surface area (Å²) in [4.78, 5) is 2.58. The van der Waals surface area contributed by atoms with Gasteiger partial charge in [-0.1, -0.05) is 19.1 Å². The van der Waals surface area contributed by atoms with Crippen molar-refractivity contribution in [2.24, 2.45) is 0 Å². The van der Waals surface area contributed by atoms with Crippen molar-refractivity contribution in [3.63, 3.8) is 0 Å². The minimum Gasteiger partial charge on any atom is -0.366 e. The fourth-order valence-corrected chi connectivity index (χ4v) is 4.17. The average molecular weight is 311 g/mol. The molecule has 0 radical (unpaired) electrons. The van der Waals surface area contributed by atoms with Crippen LogP contribution in [0.2, 0.25) is 0 Å². The standard InChI is InChI=1S/C15H25N3O2S/c1-3-17-21(19,20)15-10-6-5-9-14(15)18(4-2)13-8-7-11-16-12-13/h5-6,9-10,13,16-17H,3-4,7-8,11-12H2,1-2H3. The minimum atomic E-state index is -3.45. The Bertz CT molecular complexity index is 554. The van der Waals surface area contributed by atoms with E-state index in [2.05, 4.69) is 21.9 Å². The maximum absolute atomic E-state index is 12.4. The van der Waals surface area contributed by atoms with Gasteiger partial charge in [0.2, 0.25) is 10.0 Å². The second kappa shape index (κ2) is 7.24. The summed E-state index contributed by atoms with van der Waals surface area (Å²) in [6, 6.07) is 7.62. The van der Waals surface area contributed by atoms with Crippen molar-refractivity contribution in [3.8, 4) is 0 Å². The molecular weight excluding hydrogens is 286 g/mol. The van der Waals surface area contributed by atoms with Gasteiger partial charge < -0.3 is 10.2 Å². The Kier molecular flexibility index (Phi) is 5.61. The number of nitrogens with one attached hydrogen (secondary N) is 2. The second-order valence-corrected chi connectivity index (χ2v) is 6.99. The molecule has 0 aliphatic carbocycles. The summed E-state index contributed by atoms with van der Waals surface area (Å²) < 4.78 is 27.4. The molecule has 1 unspecified atom stereocenters. The first-order valence-electron chi connectivity index (χ1n) is 7.66. The molecule has 2 rings (SSSR count). The topological polar surface area (TPSA) is 61.4 Å². The molecule has 1 saturated heterocycles. The molecule has 5 nitrogen and oxygen atoms in total. The monoisotopic (exact) mass is 311 g/mol. The van der Waals surface area contributed by atoms with Crippen LogP contribution in [-0.2, 0) is 10.0 Å². The molecule has 1 aliphatic heterocycles. The summed E-state index contributed by atoms with van der Waals surface area (Å²) in [5.41, 5.74) is 0.801. The lowest BCUT2D eigenvalue weighted by Crippen LogP contribution is -2.46. The Hall–Kier alpha value is -1.11. The molecule has 1 atom stereocenters. The SMILES string of the molecule is CCNS(=O)(=O)c1ccccc1N(CC)C1CCCNC1. The Morgan fingerprint density at radius 1 is 1.33 bits per heavy atom. The molecule has 1 aromatic rings. The van der Waals surface area contributed by atoms with E-state index in [4.69, 9.17) is 0 Å². The number of sulfonamides is 1. The normalized spacial score (nSPS) is 19.4. The second-order valence-electron chi connectivity index (χ2n) is 5.26. The third kappa shape index (κ3) is 3.75. The number of hydrogen-bond donors (Lipinski definition) is 2. The van der Waals surface area contributed by atoms with E-state index in [0.29, 0.717) is 17.5 Å². The fourth-order valence-electron chi connectivity index (χ4n) is 2.91. The molecule has 118 valence electrons. The molecule has 0 saturated carbocycles. The number of hydrogen-bond acceptors (Lipinski definition) is 4. The predicted molar refractivity (Wildman–Crippen MR) is 86.2 cm³/mol. The van der Waals surface area contributed by atoms with E-state index >= 15 is 0 Å². The zero-order valence-electron chi connectivity index (χ0n) is 12.8. The van der Waals surface area contributed by atoms with Crippen LogP contribution >= 0.6 is 0 Å². The van der Waals surface area contributed by atoms with Gasteiger partial charge in [0.15, 0.2) is 0 Å². The van der Waals surface area contributed by atoms with Crippen LogP contribution in [0.3, 0.4) is 0 Å². The number of piperidine rings is 1. The lowest BCUT2D eigenvalue weighted by molar-refractivity contribution is 0.434. The molecule has 0 spiro atoms. The van der Waals surface area contributed by atoms with Crippen molar-refractivity contribution in [2.75, 3.05) is 31.1 Å². The maximum atomic E-state index is 12.4. The van der Waals surface area contributed by atoms with Gasteiger partial charge in [-0.05, 0) is 38.4 Å². The van der Waals surface area contributed by atoms with Crippen molar-refractivity contribution in [2.45, 2.75) is 37.6 Å². The molecule has 6 heteroatoms. The van der Waals surface area contributed by atoms with Gasteiger partial charge in [0.25, 0.3) is 0 Å². The van der Waals surface area contributed by atoms with Crippen molar-refractivity contribution < 1.29 is 8.42 Å². The summed E-state index contributed by atoms with van der Waals surface area (Å²) in [6.45, 7) is 7.02. The Labute approximate surface area is 127 Å². The van der Waals surface area contributed by atoms with Crippen LogP contribution in [0.5, 0.6) is 0 Å². The van der Waals surface area contributed by atoms with Crippen LogP contribution in [0.4, 0.5) is 5.69 Å². The van der Waals surface area contributed by atoms with Gasteiger partial charge in [0.05, 0.1) is 5.69 Å². The molecule has 2 N–H and O–H groups in total. The van der Waals surface area contributed by atoms with Crippen LogP contribution in [0.15, 0.2) is 29.2 Å². The molecule has 0 bridgehead atoms. The lowest BCUT2D eigenvalue weighted by atomic mass is 10.0. The van der Waals surface area contributed by atoms with E-state index in [0.717, 1.165) is 38.2 Å². The molecule has 0 aromatic heterocycles. The van der Waals surface area contributed by atoms with E-state index < -0.39 is 10.0 Å². The Morgan fingerprint density at radius 3 is 2.71 bits per heavy atom. The molecule has 21 heavy (non-hydrogen) atoms. The van der Waals surface area contributed by atoms with E-state index in [9.17, 15) is 8.42 Å². The zero-order valence-corrected chi connectivity index (χ0v) is 13.6. The fraction of sp³-hybridized carbons (Fsp3) is 0.600. The number of rotatable bonds is 6. The highest BCUT2D eigenvalue weighted by atomic mass is 32.2. The highest BCUT2D eigenvalue weighted by molar-refractivity contribution is 7.89. The smallest absolute Gasteiger partial charge is 0.242 e. The highest BCUT2D eigenvalue weighted by Gasteiger charge is 2.25. The van der Waals surface area contributed by atoms with Crippen LogP contribution < -0.4 is 14.9 Å². The summed E-state index contributed by atoms with van der Waals surface area (Å²) in [7, 11) is -3.45. The van der Waals surface area contributed by atoms with Gasteiger partial charge >= 0.3 is 0 Å². The molecule has 1 fully saturated rings. The van der Waals surface area contributed by atoms with Crippen molar-refractivity contribution in [3.05, 3.63) is 24.3 Å². The van der Waals surface area contributed by atoms with Crippen molar-refractivity contribution >= 4 is 15.7 Å². The number of anilines is 1. The minimum absolute atomic E-state index is 0.349. The lowest BCUT2D eigenvalue weighted by Gasteiger charge is -2.36. The molecule has 1 aliphatic rings. The van der Waals surface area contributed by atoms with Crippen LogP contribution in [0.1, 0.15) is 26.7 Å². The summed E-state index contributed by atoms with van der Waals surface area (Å²) in [5.74, 6) is 0. The highest BCUT2D eigenvalue weighted by Crippen LogP contribution is 2.28.